The van der Waals surface area contributed by atoms with Crippen molar-refractivity contribution >= 4 is 17.3 Å². The number of benzene rings is 2. The standard InChI is InChI=1S/C28H31N7O3/c1-4-31-28(37)27-33-32-26(21-13-20(22(29)14-23(21)36)25(30)18-7-5-6-8-18)35(27)19-11-9-17(10-12-19)24-15(2)34-38-16(24)3/h9-14,18,30,36H,4-8,29H2,1-3H3,(H,31,37). The Morgan fingerprint density at radius 2 is 1.89 bits per heavy atom. The van der Waals surface area contributed by atoms with E-state index in [2.05, 4.69) is 20.7 Å². The molecule has 0 radical (unpaired) electrons. The Hall–Kier alpha value is -4.47. The van der Waals surface area contributed by atoms with Crippen LogP contribution in [-0.4, -0.2) is 43.2 Å². The number of phenolic OH excluding ortho intramolecular Hbond substituents is 1. The lowest BCUT2D eigenvalue weighted by Gasteiger charge is -2.17. The molecule has 10 nitrogen and oxygen atoms in total. The van der Waals surface area contributed by atoms with Gasteiger partial charge in [0.25, 0.3) is 5.91 Å². The van der Waals surface area contributed by atoms with Crippen molar-refractivity contribution in [1.29, 1.82) is 5.41 Å². The van der Waals surface area contributed by atoms with Crippen molar-refractivity contribution in [3.63, 3.8) is 0 Å². The molecule has 0 unspecified atom stereocenters. The summed E-state index contributed by atoms with van der Waals surface area (Å²) in [7, 11) is 0. The quantitative estimate of drug-likeness (QED) is 0.204. The Morgan fingerprint density at radius 3 is 2.53 bits per heavy atom. The van der Waals surface area contributed by atoms with Crippen LogP contribution in [0.3, 0.4) is 0 Å². The van der Waals surface area contributed by atoms with Crippen molar-refractivity contribution < 1.29 is 14.4 Å². The van der Waals surface area contributed by atoms with E-state index < -0.39 is 5.91 Å². The van der Waals surface area contributed by atoms with Gasteiger partial charge >= 0.3 is 0 Å². The van der Waals surface area contributed by atoms with Gasteiger partial charge in [-0.1, -0.05) is 30.1 Å². The fraction of sp³-hybridized carbons (Fsp3) is 0.321. The van der Waals surface area contributed by atoms with E-state index in [1.165, 1.54) is 6.07 Å². The van der Waals surface area contributed by atoms with E-state index in [1.807, 2.05) is 45.0 Å². The molecule has 1 fully saturated rings. The molecule has 2 heterocycles. The first-order valence-corrected chi connectivity index (χ1v) is 12.8. The molecule has 1 aliphatic rings. The lowest BCUT2D eigenvalue weighted by molar-refractivity contribution is 0.0943. The average Bonchev–Trinajstić information content (AvgIpc) is 3.65. The fourth-order valence-corrected chi connectivity index (χ4v) is 5.21. The number of aryl methyl sites for hydroxylation is 2. The molecule has 38 heavy (non-hydrogen) atoms. The predicted molar refractivity (Wildman–Crippen MR) is 145 cm³/mol. The van der Waals surface area contributed by atoms with E-state index >= 15 is 0 Å². The van der Waals surface area contributed by atoms with Gasteiger partial charge in [-0.15, -0.1) is 10.2 Å². The minimum atomic E-state index is -0.394. The third-order valence-corrected chi connectivity index (χ3v) is 7.11. The van der Waals surface area contributed by atoms with E-state index in [0.29, 0.717) is 40.5 Å². The number of nitrogens with two attached hydrogens (primary N) is 1. The minimum Gasteiger partial charge on any atom is -0.507 e. The highest BCUT2D eigenvalue weighted by atomic mass is 16.5. The van der Waals surface area contributed by atoms with E-state index in [9.17, 15) is 9.90 Å². The molecule has 1 amide bonds. The highest BCUT2D eigenvalue weighted by Gasteiger charge is 2.27. The van der Waals surface area contributed by atoms with Gasteiger partial charge in [-0.2, -0.15) is 0 Å². The number of carbonyl (C=O) groups excluding carboxylic acids is 1. The molecule has 1 saturated carbocycles. The van der Waals surface area contributed by atoms with Crippen LogP contribution < -0.4 is 11.1 Å². The molecule has 0 atom stereocenters. The molecule has 0 saturated heterocycles. The monoisotopic (exact) mass is 513 g/mol. The van der Waals surface area contributed by atoms with Gasteiger partial charge in [-0.25, -0.2) is 0 Å². The van der Waals surface area contributed by atoms with Crippen LogP contribution in [0.2, 0.25) is 0 Å². The number of anilines is 1. The van der Waals surface area contributed by atoms with E-state index in [-0.39, 0.29) is 23.3 Å². The van der Waals surface area contributed by atoms with Gasteiger partial charge in [0, 0.05) is 46.7 Å². The van der Waals surface area contributed by atoms with Crippen LogP contribution in [0.25, 0.3) is 28.2 Å². The molecule has 4 aromatic rings. The summed E-state index contributed by atoms with van der Waals surface area (Å²) in [6.07, 6.45) is 4.07. The topological polar surface area (TPSA) is 156 Å². The van der Waals surface area contributed by atoms with Crippen molar-refractivity contribution in [2.24, 2.45) is 5.92 Å². The second-order valence-electron chi connectivity index (χ2n) is 9.64. The molecule has 5 rings (SSSR count). The maximum Gasteiger partial charge on any atom is 0.289 e. The summed E-state index contributed by atoms with van der Waals surface area (Å²) in [6, 6.07) is 10.7. The molecular weight excluding hydrogens is 482 g/mol. The van der Waals surface area contributed by atoms with Gasteiger partial charge in [-0.05, 0) is 57.4 Å². The predicted octanol–water partition coefficient (Wildman–Crippen LogP) is 4.80. The van der Waals surface area contributed by atoms with Crippen LogP contribution in [0.15, 0.2) is 40.9 Å². The van der Waals surface area contributed by atoms with Gasteiger partial charge in [0.2, 0.25) is 5.82 Å². The molecule has 2 aromatic heterocycles. The summed E-state index contributed by atoms with van der Waals surface area (Å²) in [5, 5.41) is 35.0. The lowest BCUT2D eigenvalue weighted by atomic mass is 9.92. The Kier molecular flexibility index (Phi) is 6.71. The zero-order valence-electron chi connectivity index (χ0n) is 21.7. The second-order valence-corrected chi connectivity index (χ2v) is 9.64. The molecular formula is C28H31N7O3. The Morgan fingerprint density at radius 1 is 1.18 bits per heavy atom. The van der Waals surface area contributed by atoms with Gasteiger partial charge in [0.15, 0.2) is 5.82 Å². The second kappa shape index (κ2) is 10.1. The Balaban J connectivity index is 1.63. The molecule has 5 N–H and O–H groups in total. The number of hydrogen-bond donors (Lipinski definition) is 4. The zero-order chi connectivity index (χ0) is 27.0. The highest BCUT2D eigenvalue weighted by molar-refractivity contribution is 6.05. The largest absolute Gasteiger partial charge is 0.507 e. The number of nitrogens with one attached hydrogen (secondary N) is 2. The number of nitrogens with zero attached hydrogens (tertiary/aromatic N) is 4. The van der Waals surface area contributed by atoms with Crippen LogP contribution in [0, 0.1) is 25.2 Å². The van der Waals surface area contributed by atoms with Gasteiger partial charge < -0.3 is 26.1 Å². The summed E-state index contributed by atoms with van der Waals surface area (Å²) in [4.78, 5) is 12.9. The zero-order valence-corrected chi connectivity index (χ0v) is 21.7. The summed E-state index contributed by atoms with van der Waals surface area (Å²) < 4.78 is 6.92. The van der Waals surface area contributed by atoms with E-state index in [4.69, 9.17) is 15.7 Å². The maximum atomic E-state index is 12.9. The maximum absolute atomic E-state index is 12.9. The van der Waals surface area contributed by atoms with Gasteiger partial charge in [0.05, 0.1) is 11.3 Å². The number of hydrogen-bond acceptors (Lipinski definition) is 8. The first kappa shape index (κ1) is 25.2. The molecule has 0 spiro atoms. The fourth-order valence-electron chi connectivity index (χ4n) is 5.21. The number of aromatic hydroxyl groups is 1. The number of amides is 1. The van der Waals surface area contributed by atoms with Crippen molar-refractivity contribution in [3.05, 3.63) is 59.2 Å². The Labute approximate surface area is 220 Å². The molecule has 1 aliphatic carbocycles. The lowest BCUT2D eigenvalue weighted by Crippen LogP contribution is -2.26. The number of nitrogen functional groups attached to an aromatic ring is 1. The van der Waals surface area contributed by atoms with Crippen molar-refractivity contribution in [3.8, 4) is 34.0 Å². The SMILES string of the molecule is CCNC(=O)c1nnc(-c2cc(C(=N)C3CCCC3)c(N)cc2O)n1-c1ccc(-c2c(C)noc2C)cc1. The third kappa shape index (κ3) is 4.42. The van der Waals surface area contributed by atoms with Crippen LogP contribution in [0.1, 0.15) is 60.2 Å². The highest BCUT2D eigenvalue weighted by Crippen LogP contribution is 2.37. The summed E-state index contributed by atoms with van der Waals surface area (Å²) in [5.74, 6) is 0.705. The van der Waals surface area contributed by atoms with Crippen molar-refractivity contribution in [2.45, 2.75) is 46.5 Å². The summed E-state index contributed by atoms with van der Waals surface area (Å²) in [5.41, 5.74) is 11.2. The number of aromatic nitrogens is 4. The van der Waals surface area contributed by atoms with E-state index in [1.54, 1.807) is 10.6 Å². The molecule has 0 aliphatic heterocycles. The summed E-state index contributed by atoms with van der Waals surface area (Å²) >= 11 is 0. The van der Waals surface area contributed by atoms with Gasteiger partial charge in [0.1, 0.15) is 11.5 Å². The molecule has 10 heteroatoms. The Bertz CT molecular complexity index is 1490. The molecule has 196 valence electrons. The minimum absolute atomic E-state index is 0.0792. The first-order valence-electron chi connectivity index (χ1n) is 12.8. The summed E-state index contributed by atoms with van der Waals surface area (Å²) in [6.45, 7) is 5.99. The average molecular weight is 514 g/mol. The smallest absolute Gasteiger partial charge is 0.289 e. The number of phenols is 1. The number of carbonyl (C=O) groups is 1. The third-order valence-electron chi connectivity index (χ3n) is 7.11. The van der Waals surface area contributed by atoms with Crippen molar-refractivity contribution in [1.82, 2.24) is 25.2 Å². The number of rotatable bonds is 7. The normalized spacial score (nSPS) is 13.7. The first-order chi connectivity index (χ1) is 18.3. The van der Waals surface area contributed by atoms with Crippen LogP contribution >= 0.6 is 0 Å². The molecule has 0 bridgehead atoms. The van der Waals surface area contributed by atoms with Crippen LogP contribution in [-0.2, 0) is 0 Å². The van der Waals surface area contributed by atoms with Crippen LogP contribution in [0.5, 0.6) is 5.75 Å². The molecule has 2 aromatic carbocycles. The van der Waals surface area contributed by atoms with Crippen molar-refractivity contribution in [2.75, 3.05) is 12.3 Å². The van der Waals surface area contributed by atoms with Crippen LogP contribution in [0.4, 0.5) is 5.69 Å². The van der Waals surface area contributed by atoms with E-state index in [0.717, 1.165) is 42.5 Å². The van der Waals surface area contributed by atoms with Gasteiger partial charge in [-0.3, -0.25) is 9.36 Å².